The van der Waals surface area contributed by atoms with Gasteiger partial charge in [-0.25, -0.2) is 4.79 Å². The van der Waals surface area contributed by atoms with Crippen molar-refractivity contribution < 1.29 is 9.53 Å². The largest absolute Gasteiger partial charge is 0.459 e. The highest BCUT2D eigenvalue weighted by atomic mass is 16.5. The molecule has 1 rings (SSSR count). The average Bonchev–Trinajstić information content (AvgIpc) is 2.67. The van der Waals surface area contributed by atoms with E-state index in [0.717, 1.165) is 32.1 Å². The number of aryl methyl sites for hydroxylation is 1. The van der Waals surface area contributed by atoms with Gasteiger partial charge in [0.15, 0.2) is 0 Å². The Labute approximate surface area is 161 Å². The van der Waals surface area contributed by atoms with Gasteiger partial charge in [0, 0.05) is 0 Å². The summed E-state index contributed by atoms with van der Waals surface area (Å²) in [5, 5.41) is 0. The predicted octanol–water partition coefficient (Wildman–Crippen LogP) is 7.50. The lowest BCUT2D eigenvalue weighted by Gasteiger charge is -2.18. The first-order valence-corrected chi connectivity index (χ1v) is 11.0. The van der Waals surface area contributed by atoms with Crippen LogP contribution in [0.15, 0.2) is 24.3 Å². The first kappa shape index (κ1) is 22.7. The molecule has 0 radical (unpaired) electrons. The topological polar surface area (TPSA) is 26.3 Å². The van der Waals surface area contributed by atoms with Crippen molar-refractivity contribution in [2.75, 3.05) is 0 Å². The molecule has 2 nitrogen and oxygen atoms in total. The minimum atomic E-state index is -0.154. The van der Waals surface area contributed by atoms with Crippen molar-refractivity contribution >= 4 is 5.97 Å². The third-order valence-corrected chi connectivity index (χ3v) is 5.04. The van der Waals surface area contributed by atoms with Crippen LogP contribution in [0.2, 0.25) is 0 Å². The zero-order chi connectivity index (χ0) is 19.0. The van der Waals surface area contributed by atoms with Crippen LogP contribution in [0.3, 0.4) is 0 Å². The SMILES string of the molecule is CCCCCCCCC(CCCC)OC(=O)c1ccc(CCCC)cc1. The van der Waals surface area contributed by atoms with Crippen LogP contribution in [0.1, 0.15) is 114 Å². The molecule has 148 valence electrons. The summed E-state index contributed by atoms with van der Waals surface area (Å²) in [4.78, 5) is 12.5. The maximum absolute atomic E-state index is 12.5. The van der Waals surface area contributed by atoms with Gasteiger partial charge in [0.1, 0.15) is 6.10 Å². The van der Waals surface area contributed by atoms with Crippen LogP contribution in [0, 0.1) is 0 Å². The van der Waals surface area contributed by atoms with Gasteiger partial charge < -0.3 is 4.74 Å². The van der Waals surface area contributed by atoms with E-state index in [1.165, 1.54) is 56.9 Å². The minimum Gasteiger partial charge on any atom is -0.459 e. The van der Waals surface area contributed by atoms with Gasteiger partial charge >= 0.3 is 5.97 Å². The summed E-state index contributed by atoms with van der Waals surface area (Å²) in [6.45, 7) is 6.64. The van der Waals surface area contributed by atoms with Crippen LogP contribution in [0.5, 0.6) is 0 Å². The Morgan fingerprint density at radius 1 is 0.769 bits per heavy atom. The molecule has 1 unspecified atom stereocenters. The number of hydrogen-bond acceptors (Lipinski definition) is 2. The molecule has 0 spiro atoms. The molecule has 2 heteroatoms. The summed E-state index contributed by atoms with van der Waals surface area (Å²) < 4.78 is 5.85. The Bertz CT molecular complexity index is 464. The molecule has 0 saturated heterocycles. The lowest BCUT2D eigenvalue weighted by atomic mass is 10.0. The van der Waals surface area contributed by atoms with Gasteiger partial charge in [-0.15, -0.1) is 0 Å². The van der Waals surface area contributed by atoms with Crippen LogP contribution < -0.4 is 0 Å². The molecule has 1 aromatic carbocycles. The van der Waals surface area contributed by atoms with Crippen molar-refractivity contribution in [2.24, 2.45) is 0 Å². The molecule has 0 aliphatic rings. The van der Waals surface area contributed by atoms with E-state index in [1.54, 1.807) is 0 Å². The fraction of sp³-hybridized carbons (Fsp3) is 0.708. The number of benzene rings is 1. The number of ether oxygens (including phenoxy) is 1. The van der Waals surface area contributed by atoms with Crippen molar-refractivity contribution in [2.45, 2.75) is 110 Å². The van der Waals surface area contributed by atoms with E-state index in [-0.39, 0.29) is 12.1 Å². The highest BCUT2D eigenvalue weighted by Crippen LogP contribution is 2.17. The molecular formula is C24H40O2. The van der Waals surface area contributed by atoms with Gasteiger partial charge in [-0.2, -0.15) is 0 Å². The average molecular weight is 361 g/mol. The van der Waals surface area contributed by atoms with Crippen LogP contribution in [-0.2, 0) is 11.2 Å². The molecule has 0 aliphatic carbocycles. The summed E-state index contributed by atoms with van der Waals surface area (Å²) in [6.07, 6.45) is 15.5. The van der Waals surface area contributed by atoms with Crippen molar-refractivity contribution in [3.8, 4) is 0 Å². The summed E-state index contributed by atoms with van der Waals surface area (Å²) in [6, 6.07) is 7.99. The smallest absolute Gasteiger partial charge is 0.338 e. The van der Waals surface area contributed by atoms with E-state index in [2.05, 4.69) is 32.9 Å². The molecule has 0 aliphatic heterocycles. The number of esters is 1. The van der Waals surface area contributed by atoms with Crippen molar-refractivity contribution in [1.82, 2.24) is 0 Å². The lowest BCUT2D eigenvalue weighted by molar-refractivity contribution is 0.0250. The molecule has 0 bridgehead atoms. The van der Waals surface area contributed by atoms with E-state index in [4.69, 9.17) is 4.74 Å². The van der Waals surface area contributed by atoms with E-state index in [0.29, 0.717) is 5.56 Å². The van der Waals surface area contributed by atoms with E-state index in [9.17, 15) is 4.79 Å². The second kappa shape index (κ2) is 14.8. The highest BCUT2D eigenvalue weighted by molar-refractivity contribution is 5.89. The summed E-state index contributed by atoms with van der Waals surface area (Å²) >= 11 is 0. The van der Waals surface area contributed by atoms with E-state index < -0.39 is 0 Å². The molecule has 0 amide bonds. The van der Waals surface area contributed by atoms with E-state index >= 15 is 0 Å². The lowest BCUT2D eigenvalue weighted by Crippen LogP contribution is -2.18. The van der Waals surface area contributed by atoms with Gasteiger partial charge in [-0.1, -0.05) is 84.3 Å². The second-order valence-corrected chi connectivity index (χ2v) is 7.53. The molecule has 0 aromatic heterocycles. The van der Waals surface area contributed by atoms with Crippen LogP contribution in [-0.4, -0.2) is 12.1 Å². The van der Waals surface area contributed by atoms with E-state index in [1.807, 2.05) is 12.1 Å². The number of rotatable bonds is 15. The minimum absolute atomic E-state index is 0.0772. The first-order chi connectivity index (χ1) is 12.7. The highest BCUT2D eigenvalue weighted by Gasteiger charge is 2.15. The monoisotopic (exact) mass is 360 g/mol. The number of unbranched alkanes of at least 4 members (excludes halogenated alkanes) is 7. The van der Waals surface area contributed by atoms with Crippen LogP contribution in [0.4, 0.5) is 0 Å². The van der Waals surface area contributed by atoms with Crippen molar-refractivity contribution in [3.05, 3.63) is 35.4 Å². The van der Waals surface area contributed by atoms with Crippen molar-refractivity contribution in [1.29, 1.82) is 0 Å². The number of hydrogen-bond donors (Lipinski definition) is 0. The Hall–Kier alpha value is -1.31. The summed E-state index contributed by atoms with van der Waals surface area (Å²) in [5.74, 6) is -0.154. The zero-order valence-electron chi connectivity index (χ0n) is 17.4. The molecule has 0 N–H and O–H groups in total. The third kappa shape index (κ3) is 9.99. The Morgan fingerprint density at radius 3 is 2.00 bits per heavy atom. The standard InChI is InChI=1S/C24H40O2/c1-4-7-10-11-12-13-16-23(15-9-6-3)26-24(25)22-19-17-21(18-20-22)14-8-5-2/h17-20,23H,4-16H2,1-3H3. The molecule has 1 atom stereocenters. The van der Waals surface area contributed by atoms with Crippen molar-refractivity contribution in [3.63, 3.8) is 0 Å². The quantitative estimate of drug-likeness (QED) is 0.239. The van der Waals surface area contributed by atoms with Crippen LogP contribution >= 0.6 is 0 Å². The maximum atomic E-state index is 12.5. The molecule has 26 heavy (non-hydrogen) atoms. The van der Waals surface area contributed by atoms with Gasteiger partial charge in [-0.05, 0) is 49.8 Å². The normalized spacial score (nSPS) is 12.1. The third-order valence-electron chi connectivity index (χ3n) is 5.04. The maximum Gasteiger partial charge on any atom is 0.338 e. The van der Waals surface area contributed by atoms with Crippen LogP contribution in [0.25, 0.3) is 0 Å². The summed E-state index contributed by atoms with van der Waals surface area (Å²) in [7, 11) is 0. The number of carbonyl (C=O) groups is 1. The molecule has 0 fully saturated rings. The molecule has 1 aromatic rings. The Kier molecular flexibility index (Phi) is 13.0. The summed E-state index contributed by atoms with van der Waals surface area (Å²) in [5.41, 5.74) is 1.99. The second-order valence-electron chi connectivity index (χ2n) is 7.53. The van der Waals surface area contributed by atoms with Gasteiger partial charge in [-0.3, -0.25) is 0 Å². The zero-order valence-corrected chi connectivity index (χ0v) is 17.4. The van der Waals surface area contributed by atoms with Gasteiger partial charge in [0.25, 0.3) is 0 Å². The van der Waals surface area contributed by atoms with Gasteiger partial charge in [0.2, 0.25) is 0 Å². The first-order valence-electron chi connectivity index (χ1n) is 11.0. The molecule has 0 saturated carbocycles. The fourth-order valence-corrected chi connectivity index (χ4v) is 3.25. The molecular weight excluding hydrogens is 320 g/mol. The number of carbonyl (C=O) groups excluding carboxylic acids is 1. The fourth-order valence-electron chi connectivity index (χ4n) is 3.25. The Balaban J connectivity index is 2.45. The molecule has 0 heterocycles. The Morgan fingerprint density at radius 2 is 1.35 bits per heavy atom. The van der Waals surface area contributed by atoms with Gasteiger partial charge in [0.05, 0.1) is 5.56 Å². The predicted molar refractivity (Wildman–Crippen MR) is 112 cm³/mol.